The first-order valence-electron chi connectivity index (χ1n) is 4.23. The van der Waals surface area contributed by atoms with Crippen LogP contribution in [-0.4, -0.2) is 22.3 Å². The lowest BCUT2D eigenvalue weighted by Crippen LogP contribution is -2.03. The van der Waals surface area contributed by atoms with Crippen molar-refractivity contribution >= 4 is 46.0 Å². The standard InChI is InChI=1S/C10H4Cl2N2O2/c11-7-1-5-2-13-14-3-6(5)9(10(7)12)8(16)4-15/h1-4H. The Balaban J connectivity index is 2.92. The molecule has 0 amide bonds. The summed E-state index contributed by atoms with van der Waals surface area (Å²) < 4.78 is 0. The van der Waals surface area contributed by atoms with Crippen LogP contribution in [0.3, 0.4) is 0 Å². The molecule has 6 heteroatoms. The Labute approximate surface area is 100 Å². The van der Waals surface area contributed by atoms with Crippen molar-refractivity contribution in [1.82, 2.24) is 10.2 Å². The van der Waals surface area contributed by atoms with Gasteiger partial charge in [0, 0.05) is 10.8 Å². The zero-order valence-corrected chi connectivity index (χ0v) is 9.29. The van der Waals surface area contributed by atoms with E-state index in [9.17, 15) is 9.59 Å². The Morgan fingerprint density at radius 3 is 2.62 bits per heavy atom. The predicted molar refractivity (Wildman–Crippen MR) is 60.0 cm³/mol. The fourth-order valence-corrected chi connectivity index (χ4v) is 1.85. The van der Waals surface area contributed by atoms with Crippen molar-refractivity contribution in [1.29, 1.82) is 0 Å². The van der Waals surface area contributed by atoms with Crippen molar-refractivity contribution in [3.63, 3.8) is 0 Å². The molecule has 4 nitrogen and oxygen atoms in total. The molecule has 0 aliphatic heterocycles. The molecule has 16 heavy (non-hydrogen) atoms. The molecule has 0 unspecified atom stereocenters. The van der Waals surface area contributed by atoms with E-state index in [-0.39, 0.29) is 21.9 Å². The highest BCUT2D eigenvalue weighted by Gasteiger charge is 2.17. The van der Waals surface area contributed by atoms with Crippen molar-refractivity contribution in [3.8, 4) is 0 Å². The lowest BCUT2D eigenvalue weighted by Gasteiger charge is -2.05. The normalized spacial score (nSPS) is 10.4. The first kappa shape index (κ1) is 11.0. The molecule has 0 saturated heterocycles. The summed E-state index contributed by atoms with van der Waals surface area (Å²) in [4.78, 5) is 22.0. The van der Waals surface area contributed by atoms with Crippen molar-refractivity contribution in [3.05, 3.63) is 34.1 Å². The fourth-order valence-electron chi connectivity index (χ4n) is 1.39. The van der Waals surface area contributed by atoms with Gasteiger partial charge in [0.05, 0.1) is 28.0 Å². The highest BCUT2D eigenvalue weighted by Crippen LogP contribution is 2.32. The Kier molecular flexibility index (Phi) is 2.85. The van der Waals surface area contributed by atoms with Gasteiger partial charge in [-0.15, -0.1) is 0 Å². The van der Waals surface area contributed by atoms with E-state index in [1.54, 1.807) is 6.07 Å². The number of aromatic nitrogens is 2. The van der Waals surface area contributed by atoms with Crippen molar-refractivity contribution < 1.29 is 9.59 Å². The second-order valence-electron chi connectivity index (χ2n) is 3.02. The second-order valence-corrected chi connectivity index (χ2v) is 3.81. The quantitative estimate of drug-likeness (QED) is 0.469. The van der Waals surface area contributed by atoms with Crippen LogP contribution in [0.1, 0.15) is 10.4 Å². The number of rotatable bonds is 2. The van der Waals surface area contributed by atoms with E-state index in [1.165, 1.54) is 12.4 Å². The summed E-state index contributed by atoms with van der Waals surface area (Å²) in [7, 11) is 0. The number of carbonyl (C=O) groups excluding carboxylic acids is 2. The van der Waals surface area contributed by atoms with Gasteiger partial charge in [-0.2, -0.15) is 10.2 Å². The molecule has 0 saturated carbocycles. The number of hydrogen-bond acceptors (Lipinski definition) is 4. The minimum Gasteiger partial charge on any atom is -0.294 e. The molecule has 1 heterocycles. The molecule has 0 spiro atoms. The minimum atomic E-state index is -0.731. The minimum absolute atomic E-state index is 0.0549. The molecule has 2 rings (SSSR count). The van der Waals surface area contributed by atoms with Gasteiger partial charge in [0.1, 0.15) is 0 Å². The summed E-state index contributed by atoms with van der Waals surface area (Å²) in [5.41, 5.74) is 0.0640. The molecular weight excluding hydrogens is 251 g/mol. The van der Waals surface area contributed by atoms with Crippen LogP contribution in [0.2, 0.25) is 10.0 Å². The summed E-state index contributed by atoms with van der Waals surface area (Å²) >= 11 is 11.7. The van der Waals surface area contributed by atoms with Crippen molar-refractivity contribution in [2.24, 2.45) is 0 Å². The number of benzene rings is 1. The van der Waals surface area contributed by atoms with Crippen molar-refractivity contribution in [2.75, 3.05) is 0 Å². The molecular formula is C10H4Cl2N2O2. The van der Waals surface area contributed by atoms with E-state index in [2.05, 4.69) is 10.2 Å². The molecule has 0 radical (unpaired) electrons. The zero-order valence-electron chi connectivity index (χ0n) is 7.78. The summed E-state index contributed by atoms with van der Waals surface area (Å²) in [6.45, 7) is 0. The molecule has 80 valence electrons. The molecule has 1 aromatic carbocycles. The smallest absolute Gasteiger partial charge is 0.227 e. The SMILES string of the molecule is O=CC(=O)c1c(Cl)c(Cl)cc2cnncc12. The van der Waals surface area contributed by atoms with Crippen LogP contribution in [0.5, 0.6) is 0 Å². The van der Waals surface area contributed by atoms with Gasteiger partial charge < -0.3 is 0 Å². The van der Waals surface area contributed by atoms with Crippen LogP contribution in [0, 0.1) is 0 Å². The lowest BCUT2D eigenvalue weighted by atomic mass is 10.0. The van der Waals surface area contributed by atoms with Gasteiger partial charge in [-0.3, -0.25) is 9.59 Å². The monoisotopic (exact) mass is 254 g/mol. The Bertz CT molecular complexity index is 599. The summed E-state index contributed by atoms with van der Waals surface area (Å²) in [5, 5.41) is 8.62. The van der Waals surface area contributed by atoms with Gasteiger partial charge >= 0.3 is 0 Å². The molecule has 0 aliphatic rings. The van der Waals surface area contributed by atoms with E-state index >= 15 is 0 Å². The van der Waals surface area contributed by atoms with E-state index in [4.69, 9.17) is 23.2 Å². The van der Waals surface area contributed by atoms with Gasteiger partial charge in [0.2, 0.25) is 5.78 Å². The van der Waals surface area contributed by atoms with E-state index < -0.39 is 5.78 Å². The largest absolute Gasteiger partial charge is 0.294 e. The molecule has 0 atom stereocenters. The third kappa shape index (κ3) is 1.66. The number of fused-ring (bicyclic) bond motifs is 1. The number of ketones is 1. The Hall–Kier alpha value is -1.52. The summed E-state index contributed by atoms with van der Waals surface area (Å²) in [6.07, 6.45) is 3.00. The van der Waals surface area contributed by atoms with Gasteiger partial charge in [0.15, 0.2) is 6.29 Å². The van der Waals surface area contributed by atoms with Gasteiger partial charge in [-0.05, 0) is 6.07 Å². The van der Waals surface area contributed by atoms with Gasteiger partial charge in [-0.1, -0.05) is 23.2 Å². The number of carbonyl (C=O) groups is 2. The maximum Gasteiger partial charge on any atom is 0.227 e. The van der Waals surface area contributed by atoms with Crippen LogP contribution < -0.4 is 0 Å². The molecule has 0 N–H and O–H groups in total. The molecule has 2 aromatic rings. The van der Waals surface area contributed by atoms with E-state index in [0.29, 0.717) is 10.8 Å². The molecule has 0 aliphatic carbocycles. The van der Waals surface area contributed by atoms with E-state index in [1.807, 2.05) is 0 Å². The maximum atomic E-state index is 11.4. The molecule has 0 fully saturated rings. The lowest BCUT2D eigenvalue weighted by molar-refractivity contribution is -0.104. The average molecular weight is 255 g/mol. The van der Waals surface area contributed by atoms with Gasteiger partial charge in [0.25, 0.3) is 0 Å². The van der Waals surface area contributed by atoms with Crippen LogP contribution in [0.15, 0.2) is 18.5 Å². The second kappa shape index (κ2) is 4.15. The van der Waals surface area contributed by atoms with Crippen LogP contribution in [0.25, 0.3) is 10.8 Å². The highest BCUT2D eigenvalue weighted by molar-refractivity contribution is 6.49. The summed E-state index contributed by atoms with van der Waals surface area (Å²) in [6, 6.07) is 1.56. The number of halogens is 2. The first-order chi connectivity index (χ1) is 7.65. The maximum absolute atomic E-state index is 11.4. The Morgan fingerprint density at radius 2 is 1.94 bits per heavy atom. The average Bonchev–Trinajstić information content (AvgIpc) is 2.30. The topological polar surface area (TPSA) is 59.9 Å². The first-order valence-corrected chi connectivity index (χ1v) is 4.98. The third-order valence-corrected chi connectivity index (χ3v) is 2.88. The number of Topliss-reactive ketones (excluding diaryl/α,β-unsaturated/α-hetero) is 1. The predicted octanol–water partition coefficient (Wildman–Crippen LogP) is 2.32. The Morgan fingerprint density at radius 1 is 1.25 bits per heavy atom. The van der Waals surface area contributed by atoms with E-state index in [0.717, 1.165) is 0 Å². The van der Waals surface area contributed by atoms with Crippen LogP contribution in [-0.2, 0) is 4.79 Å². The number of nitrogens with zero attached hydrogens (tertiary/aromatic N) is 2. The van der Waals surface area contributed by atoms with Crippen molar-refractivity contribution in [2.45, 2.75) is 0 Å². The summed E-state index contributed by atoms with van der Waals surface area (Å²) in [5.74, 6) is -0.731. The van der Waals surface area contributed by atoms with Crippen LogP contribution in [0.4, 0.5) is 0 Å². The fraction of sp³-hybridized carbons (Fsp3) is 0. The zero-order chi connectivity index (χ0) is 11.7. The highest BCUT2D eigenvalue weighted by atomic mass is 35.5. The molecule has 0 bridgehead atoms. The molecule has 1 aromatic heterocycles. The number of hydrogen-bond donors (Lipinski definition) is 0. The van der Waals surface area contributed by atoms with Crippen LogP contribution >= 0.6 is 23.2 Å². The third-order valence-electron chi connectivity index (χ3n) is 2.10. The van der Waals surface area contributed by atoms with Gasteiger partial charge in [-0.25, -0.2) is 0 Å². The number of aldehydes is 1.